The van der Waals surface area contributed by atoms with Crippen LogP contribution in [0.4, 0.5) is 4.79 Å². The van der Waals surface area contributed by atoms with Gasteiger partial charge in [0.2, 0.25) is 11.7 Å². The van der Waals surface area contributed by atoms with Gasteiger partial charge in [-0.05, 0) is 13.8 Å². The molecular formula is C22H28N6O4. The van der Waals surface area contributed by atoms with Crippen LogP contribution in [0, 0.1) is 6.92 Å². The second-order valence-electron chi connectivity index (χ2n) is 7.92. The van der Waals surface area contributed by atoms with Crippen molar-refractivity contribution in [3.63, 3.8) is 0 Å². The highest BCUT2D eigenvalue weighted by molar-refractivity contribution is 5.93. The number of ether oxygens (including phenoxy) is 1. The summed E-state index contributed by atoms with van der Waals surface area (Å²) in [5, 5.41) is 9.50. The van der Waals surface area contributed by atoms with E-state index in [2.05, 4.69) is 30.6 Å². The van der Waals surface area contributed by atoms with E-state index in [1.54, 1.807) is 6.92 Å². The predicted octanol–water partition coefficient (Wildman–Crippen LogP) is 1.29. The summed E-state index contributed by atoms with van der Waals surface area (Å²) in [6, 6.07) is 7.73. The summed E-state index contributed by atoms with van der Waals surface area (Å²) >= 11 is 0. The Morgan fingerprint density at radius 1 is 1.12 bits per heavy atom. The molecule has 0 radical (unpaired) electrons. The Hall–Kier alpha value is -3.24. The van der Waals surface area contributed by atoms with Crippen LogP contribution >= 0.6 is 0 Å². The van der Waals surface area contributed by atoms with Crippen LogP contribution in [0.5, 0.6) is 0 Å². The number of esters is 1. The molecule has 10 nitrogen and oxygen atoms in total. The number of hydrogen-bond acceptors (Lipinski definition) is 8. The molecule has 1 aromatic carbocycles. The first kappa shape index (κ1) is 22.0. The Bertz CT molecular complexity index is 992. The summed E-state index contributed by atoms with van der Waals surface area (Å²) in [7, 11) is 0. The maximum atomic E-state index is 12.2. The molecule has 32 heavy (non-hydrogen) atoms. The van der Waals surface area contributed by atoms with Gasteiger partial charge in [0.1, 0.15) is 0 Å². The zero-order valence-electron chi connectivity index (χ0n) is 18.4. The molecule has 4 rings (SSSR count). The Morgan fingerprint density at radius 2 is 1.81 bits per heavy atom. The first-order valence-corrected chi connectivity index (χ1v) is 10.8. The highest BCUT2D eigenvalue weighted by Gasteiger charge is 2.27. The molecule has 1 saturated heterocycles. The molecule has 2 aliphatic heterocycles. The molecule has 0 saturated carbocycles. The van der Waals surface area contributed by atoms with Crippen LogP contribution in [0.2, 0.25) is 0 Å². The van der Waals surface area contributed by atoms with Gasteiger partial charge in [0, 0.05) is 44.0 Å². The zero-order chi connectivity index (χ0) is 22.5. The number of piperazine rings is 1. The second-order valence-corrected chi connectivity index (χ2v) is 7.92. The van der Waals surface area contributed by atoms with E-state index in [0.29, 0.717) is 42.7 Å². The molecule has 170 valence electrons. The number of carbonyl (C=O) groups excluding carboxylic acids is 2. The Morgan fingerprint density at radius 3 is 2.50 bits per heavy atom. The van der Waals surface area contributed by atoms with Crippen LogP contribution in [0.1, 0.15) is 18.4 Å². The number of nitrogens with zero attached hydrogens (tertiary/aromatic N) is 4. The molecule has 10 heteroatoms. The number of rotatable bonds is 7. The highest BCUT2D eigenvalue weighted by atomic mass is 16.5. The number of hydrogen-bond donors (Lipinski definition) is 2. The van der Waals surface area contributed by atoms with E-state index in [9.17, 15) is 9.59 Å². The van der Waals surface area contributed by atoms with Crippen LogP contribution in [-0.2, 0) is 16.1 Å². The third kappa shape index (κ3) is 5.32. The number of nitrogens with one attached hydrogen (secondary N) is 2. The molecule has 0 atom stereocenters. The van der Waals surface area contributed by atoms with Crippen molar-refractivity contribution >= 4 is 12.0 Å². The summed E-state index contributed by atoms with van der Waals surface area (Å²) < 4.78 is 10.6. The molecule has 0 aliphatic carbocycles. The maximum absolute atomic E-state index is 12.2. The van der Waals surface area contributed by atoms with Gasteiger partial charge in [-0.3, -0.25) is 9.80 Å². The standard InChI is InChI=1S/C22H28N6O4/c1-3-31-21(29)17-12-23-22(30)24-18(17)13-27-8-10-28(11-9-27)14-19-25-20(26-32-19)16-6-4-15(2)5-7-16/h4-7H,3,8-14H2,1-2H3,(H2,23,24,30). The first-order chi connectivity index (χ1) is 15.5. The van der Waals surface area contributed by atoms with Gasteiger partial charge in [-0.15, -0.1) is 0 Å². The van der Waals surface area contributed by atoms with Gasteiger partial charge in [-0.2, -0.15) is 4.98 Å². The maximum Gasteiger partial charge on any atom is 0.337 e. The lowest BCUT2D eigenvalue weighted by atomic mass is 10.1. The van der Waals surface area contributed by atoms with E-state index in [4.69, 9.17) is 9.26 Å². The quantitative estimate of drug-likeness (QED) is 0.620. The average Bonchev–Trinajstić information content (AvgIpc) is 3.24. The first-order valence-electron chi connectivity index (χ1n) is 10.8. The summed E-state index contributed by atoms with van der Waals surface area (Å²) in [4.78, 5) is 33.0. The Labute approximate surface area is 186 Å². The fourth-order valence-corrected chi connectivity index (χ4v) is 3.74. The summed E-state index contributed by atoms with van der Waals surface area (Å²) in [5.41, 5.74) is 3.21. The van der Waals surface area contributed by atoms with E-state index in [-0.39, 0.29) is 12.6 Å². The number of urea groups is 1. The second kappa shape index (κ2) is 9.92. The zero-order valence-corrected chi connectivity index (χ0v) is 18.4. The van der Waals surface area contributed by atoms with Crippen molar-refractivity contribution in [1.29, 1.82) is 0 Å². The fourth-order valence-electron chi connectivity index (χ4n) is 3.74. The highest BCUT2D eigenvalue weighted by Crippen LogP contribution is 2.18. The molecule has 2 amide bonds. The van der Waals surface area contributed by atoms with Crippen LogP contribution in [-0.4, -0.2) is 77.8 Å². The molecule has 2 aliphatic rings. The van der Waals surface area contributed by atoms with Gasteiger partial charge in [-0.1, -0.05) is 35.0 Å². The molecule has 0 bridgehead atoms. The SMILES string of the molecule is CCOC(=O)C1=C(CN2CCN(Cc3nc(-c4ccc(C)cc4)no3)CC2)NC(=O)NC1. The van der Waals surface area contributed by atoms with Crippen molar-refractivity contribution in [3.8, 4) is 11.4 Å². The normalized spacial score (nSPS) is 17.8. The average molecular weight is 441 g/mol. The van der Waals surface area contributed by atoms with E-state index < -0.39 is 5.97 Å². The molecule has 1 aromatic heterocycles. The van der Waals surface area contributed by atoms with Crippen LogP contribution in [0.25, 0.3) is 11.4 Å². The van der Waals surface area contributed by atoms with E-state index in [1.807, 2.05) is 31.2 Å². The minimum atomic E-state index is -0.394. The molecule has 0 spiro atoms. The summed E-state index contributed by atoms with van der Waals surface area (Å²) in [5.74, 6) is 0.792. The lowest BCUT2D eigenvalue weighted by Gasteiger charge is -2.35. The van der Waals surface area contributed by atoms with Crippen molar-refractivity contribution in [2.45, 2.75) is 20.4 Å². The monoisotopic (exact) mass is 440 g/mol. The minimum absolute atomic E-state index is 0.181. The molecule has 2 N–H and O–H groups in total. The van der Waals surface area contributed by atoms with Gasteiger partial charge in [-0.25, -0.2) is 9.59 Å². The predicted molar refractivity (Wildman–Crippen MR) is 116 cm³/mol. The topological polar surface area (TPSA) is 113 Å². The van der Waals surface area contributed by atoms with Crippen molar-refractivity contribution in [1.82, 2.24) is 30.6 Å². The van der Waals surface area contributed by atoms with Crippen molar-refractivity contribution in [3.05, 3.63) is 47.0 Å². The van der Waals surface area contributed by atoms with Crippen molar-refractivity contribution in [2.75, 3.05) is 45.9 Å². The van der Waals surface area contributed by atoms with Crippen LogP contribution < -0.4 is 10.6 Å². The third-order valence-electron chi connectivity index (χ3n) is 5.56. The molecule has 3 heterocycles. The number of carbonyl (C=O) groups is 2. The van der Waals surface area contributed by atoms with Crippen molar-refractivity contribution in [2.24, 2.45) is 0 Å². The summed E-state index contributed by atoms with van der Waals surface area (Å²) in [6.45, 7) is 8.58. The van der Waals surface area contributed by atoms with Crippen LogP contribution in [0.3, 0.4) is 0 Å². The van der Waals surface area contributed by atoms with Gasteiger partial charge in [0.15, 0.2) is 0 Å². The largest absolute Gasteiger partial charge is 0.463 e. The molecular weight excluding hydrogens is 412 g/mol. The molecule has 1 fully saturated rings. The minimum Gasteiger partial charge on any atom is -0.463 e. The van der Waals surface area contributed by atoms with Gasteiger partial charge < -0.3 is 19.9 Å². The third-order valence-corrected chi connectivity index (χ3v) is 5.56. The summed E-state index contributed by atoms with van der Waals surface area (Å²) in [6.07, 6.45) is 0. The van der Waals surface area contributed by atoms with Crippen molar-refractivity contribution < 1.29 is 18.8 Å². The fraction of sp³-hybridized carbons (Fsp3) is 0.455. The Kier molecular flexibility index (Phi) is 6.81. The smallest absolute Gasteiger partial charge is 0.337 e. The number of benzene rings is 1. The van der Waals surface area contributed by atoms with E-state index >= 15 is 0 Å². The van der Waals surface area contributed by atoms with Gasteiger partial charge in [0.05, 0.1) is 25.3 Å². The molecule has 0 unspecified atom stereocenters. The van der Waals surface area contributed by atoms with E-state index in [1.165, 1.54) is 5.56 Å². The van der Waals surface area contributed by atoms with E-state index in [0.717, 1.165) is 31.7 Å². The lowest BCUT2D eigenvalue weighted by molar-refractivity contribution is -0.138. The number of aromatic nitrogens is 2. The lowest BCUT2D eigenvalue weighted by Crippen LogP contribution is -2.50. The number of amides is 2. The van der Waals surface area contributed by atoms with Gasteiger partial charge in [0.25, 0.3) is 0 Å². The number of aryl methyl sites for hydroxylation is 1. The van der Waals surface area contributed by atoms with Crippen LogP contribution in [0.15, 0.2) is 40.1 Å². The molecule has 2 aromatic rings. The Balaban J connectivity index is 1.32. The van der Waals surface area contributed by atoms with Gasteiger partial charge >= 0.3 is 12.0 Å².